The predicted octanol–water partition coefficient (Wildman–Crippen LogP) is 5.42. The quantitative estimate of drug-likeness (QED) is 0.315. The van der Waals surface area contributed by atoms with Crippen LogP contribution in [0.3, 0.4) is 0 Å². The summed E-state index contributed by atoms with van der Waals surface area (Å²) < 4.78 is 223. The summed E-state index contributed by atoms with van der Waals surface area (Å²) in [7, 11) is 0. The summed E-state index contributed by atoms with van der Waals surface area (Å²) in [4.78, 5) is 10.9. The minimum atomic E-state index is -8.03. The molecule has 0 fully saturated rings. The molecule has 0 bridgehead atoms. The van der Waals surface area contributed by atoms with Crippen LogP contribution in [0.2, 0.25) is 0 Å². The van der Waals surface area contributed by atoms with Crippen molar-refractivity contribution in [1.29, 1.82) is 0 Å². The molecular weight excluding hydrogens is 519 g/mol. The zero-order chi connectivity index (χ0) is 26.4. The fraction of sp³-hybridized carbons (Fsp3) is 0.909. The molecule has 0 saturated heterocycles. The summed E-state index contributed by atoms with van der Waals surface area (Å²) in [5.41, 5.74) is 0. The molecule has 0 aromatic heterocycles. The smallest absolute Gasteiger partial charge is 0.462 e. The number of hydrogen-bond acceptors (Lipinski definition) is 4. The second-order valence-corrected chi connectivity index (χ2v) is 5.22. The first-order chi connectivity index (χ1) is 13.6. The Bertz CT molecular complexity index is 679. The van der Waals surface area contributed by atoms with Crippen LogP contribution >= 0.6 is 0 Å². The average Bonchev–Trinajstić information content (AvgIpc) is 2.50. The van der Waals surface area contributed by atoms with Crippen molar-refractivity contribution >= 4 is 5.97 Å². The Balaban J connectivity index is 6.70. The highest BCUT2D eigenvalue weighted by molar-refractivity contribution is 5.78. The molecule has 0 rings (SSSR count). The van der Waals surface area contributed by atoms with Crippen molar-refractivity contribution in [3.8, 4) is 0 Å². The van der Waals surface area contributed by atoms with E-state index in [-0.39, 0.29) is 0 Å². The van der Waals surface area contributed by atoms with Crippen molar-refractivity contribution in [2.75, 3.05) is 6.61 Å². The Morgan fingerprint density at radius 2 is 1.00 bits per heavy atom. The fourth-order valence-corrected chi connectivity index (χ4v) is 1.37. The number of esters is 1. The summed E-state index contributed by atoms with van der Waals surface area (Å²) >= 11 is 0. The number of halogens is 17. The van der Waals surface area contributed by atoms with Gasteiger partial charge in [-0.1, -0.05) is 0 Å². The first-order valence-electron chi connectivity index (χ1n) is 6.93. The molecule has 0 aromatic rings. The topological polar surface area (TPSA) is 44.8 Å². The summed E-state index contributed by atoms with van der Waals surface area (Å²) in [5.74, 6) is -26.4. The number of carbonyl (C=O) groups excluding carboxylic acids is 1. The van der Waals surface area contributed by atoms with E-state index in [9.17, 15) is 79.4 Å². The zero-order valence-corrected chi connectivity index (χ0v) is 14.3. The van der Waals surface area contributed by atoms with Crippen LogP contribution in [0.25, 0.3) is 0 Å². The van der Waals surface area contributed by atoms with Gasteiger partial charge in [0.15, 0.2) is 0 Å². The minimum absolute atomic E-state index is 0.560. The monoisotopic (exact) mass is 524 g/mol. The van der Waals surface area contributed by atoms with E-state index < -0.39 is 61.0 Å². The number of alkyl halides is 17. The van der Waals surface area contributed by atoms with Crippen LogP contribution in [0.15, 0.2) is 0 Å². The lowest BCUT2D eigenvalue weighted by atomic mass is 10.2. The van der Waals surface area contributed by atoms with Crippen LogP contribution in [0.1, 0.15) is 6.92 Å². The van der Waals surface area contributed by atoms with Crippen molar-refractivity contribution < 1.29 is 93.6 Å². The molecule has 32 heavy (non-hydrogen) atoms. The molecule has 0 heterocycles. The third-order valence-electron chi connectivity index (χ3n) is 2.90. The highest BCUT2D eigenvalue weighted by atomic mass is 19.4. The number of rotatable bonds is 8. The largest absolute Gasteiger partial charge is 0.462 e. The highest BCUT2D eigenvalue weighted by Gasteiger charge is 2.85. The molecule has 0 amide bonds. The summed E-state index contributed by atoms with van der Waals surface area (Å²) in [5, 5.41) is 0. The van der Waals surface area contributed by atoms with Crippen LogP contribution in [0, 0.1) is 0 Å². The molecule has 0 radical (unpaired) electrons. The highest BCUT2D eigenvalue weighted by Crippen LogP contribution is 2.56. The van der Waals surface area contributed by atoms with Gasteiger partial charge >= 0.3 is 54.3 Å². The van der Waals surface area contributed by atoms with E-state index in [1.165, 1.54) is 4.74 Å². The van der Waals surface area contributed by atoms with Crippen molar-refractivity contribution in [1.82, 2.24) is 0 Å². The van der Waals surface area contributed by atoms with Crippen LogP contribution in [0.4, 0.5) is 74.6 Å². The molecule has 0 spiro atoms. The molecule has 0 saturated carbocycles. The van der Waals surface area contributed by atoms with Crippen molar-refractivity contribution in [2.45, 2.75) is 55.3 Å². The van der Waals surface area contributed by atoms with Crippen LogP contribution in [0.5, 0.6) is 0 Å². The molecule has 2 atom stereocenters. The summed E-state index contributed by atoms with van der Waals surface area (Å²) in [6.45, 7) is -0.771. The van der Waals surface area contributed by atoms with Gasteiger partial charge in [-0.3, -0.25) is 9.47 Å². The Morgan fingerprint density at radius 1 is 0.594 bits per heavy atom. The van der Waals surface area contributed by atoms with Gasteiger partial charge in [0.25, 0.3) is 0 Å². The van der Waals surface area contributed by atoms with Crippen LogP contribution < -0.4 is 0 Å². The van der Waals surface area contributed by atoms with Crippen LogP contribution in [-0.4, -0.2) is 61.0 Å². The number of ether oxygens (including phenoxy) is 3. The number of hydrogen-bond donors (Lipinski definition) is 0. The molecule has 0 aliphatic heterocycles. The first kappa shape index (κ1) is 30.2. The Labute approximate surface area is 163 Å². The van der Waals surface area contributed by atoms with Gasteiger partial charge in [-0.05, 0) is 6.92 Å². The standard InChI is InChI=1S/C11H5F17O4/c1-2-30-3(29)4(12,7(16,17)18)31-11(27,28)6(15,9(22,23)24)32-10(25,26)5(13,14)8(19,20)21/h2H2,1H3/t4-,6+/m0/s1. The second kappa shape index (κ2) is 8.20. The lowest BCUT2D eigenvalue weighted by molar-refractivity contribution is -0.548. The fourth-order valence-electron chi connectivity index (χ4n) is 1.37. The molecule has 0 aliphatic carbocycles. The molecule has 0 aliphatic rings. The molecule has 192 valence electrons. The van der Waals surface area contributed by atoms with E-state index in [0.717, 1.165) is 0 Å². The molecule has 0 N–H and O–H groups in total. The average molecular weight is 524 g/mol. The molecule has 4 nitrogen and oxygen atoms in total. The second-order valence-electron chi connectivity index (χ2n) is 5.22. The lowest BCUT2D eigenvalue weighted by Gasteiger charge is -2.39. The van der Waals surface area contributed by atoms with Gasteiger partial charge in [-0.25, -0.2) is 4.79 Å². The lowest BCUT2D eigenvalue weighted by Crippen LogP contribution is -2.68. The first-order valence-corrected chi connectivity index (χ1v) is 6.93. The maximum Gasteiger partial charge on any atom is 0.462 e. The summed E-state index contributed by atoms with van der Waals surface area (Å²) in [6, 6.07) is 0. The van der Waals surface area contributed by atoms with E-state index in [1.807, 2.05) is 0 Å². The van der Waals surface area contributed by atoms with Gasteiger partial charge < -0.3 is 4.74 Å². The van der Waals surface area contributed by atoms with Crippen molar-refractivity contribution in [2.24, 2.45) is 0 Å². The van der Waals surface area contributed by atoms with Crippen LogP contribution in [-0.2, 0) is 19.0 Å². The normalized spacial score (nSPS) is 18.7. The van der Waals surface area contributed by atoms with Gasteiger partial charge in [0.2, 0.25) is 0 Å². The molecule has 21 heteroatoms. The molecule has 0 unspecified atom stereocenters. The Kier molecular flexibility index (Phi) is 7.74. The van der Waals surface area contributed by atoms with E-state index >= 15 is 0 Å². The third-order valence-corrected chi connectivity index (χ3v) is 2.90. The predicted molar refractivity (Wildman–Crippen MR) is 59.5 cm³/mol. The van der Waals surface area contributed by atoms with Crippen molar-refractivity contribution in [3.63, 3.8) is 0 Å². The van der Waals surface area contributed by atoms with E-state index in [0.29, 0.717) is 6.92 Å². The van der Waals surface area contributed by atoms with E-state index in [1.54, 1.807) is 4.74 Å². The van der Waals surface area contributed by atoms with Gasteiger partial charge in [0.05, 0.1) is 6.61 Å². The van der Waals surface area contributed by atoms with Gasteiger partial charge in [0.1, 0.15) is 0 Å². The maximum absolute atomic E-state index is 13.8. The zero-order valence-electron chi connectivity index (χ0n) is 14.3. The summed E-state index contributed by atoms with van der Waals surface area (Å²) in [6.07, 6.45) is -38.5. The SMILES string of the molecule is CCOC(=O)[C@](F)(OC(F)(F)[C@](F)(OC(F)(F)C(F)(F)C(F)(F)F)C(F)(F)F)C(F)(F)F. The number of carbonyl (C=O) groups is 1. The van der Waals surface area contributed by atoms with Gasteiger partial charge in [0, 0.05) is 0 Å². The minimum Gasteiger partial charge on any atom is -0.462 e. The van der Waals surface area contributed by atoms with Gasteiger partial charge in [-0.2, -0.15) is 74.6 Å². The van der Waals surface area contributed by atoms with E-state index in [2.05, 4.69) is 4.74 Å². The third kappa shape index (κ3) is 5.06. The Morgan fingerprint density at radius 3 is 1.28 bits per heavy atom. The van der Waals surface area contributed by atoms with Crippen molar-refractivity contribution in [3.05, 3.63) is 0 Å². The van der Waals surface area contributed by atoms with Gasteiger partial charge in [-0.15, -0.1) is 0 Å². The molecule has 0 aromatic carbocycles. The maximum atomic E-state index is 13.8. The molecular formula is C11H5F17O4. The van der Waals surface area contributed by atoms with E-state index in [4.69, 9.17) is 0 Å². The Hall–Kier alpha value is -1.80.